The molecule has 0 aliphatic heterocycles. The molecule has 0 amide bonds. The normalized spacial score (nSPS) is 13.2. The van der Waals surface area contributed by atoms with Gasteiger partial charge in [0, 0.05) is 0 Å². The molecular weight excluding hydrogens is 296 g/mol. The molecule has 0 saturated carbocycles. The average molecular weight is 312 g/mol. The minimum atomic E-state index is -3.68. The fourth-order valence-corrected chi connectivity index (χ4v) is 3.02. The Bertz CT molecular complexity index is 697. The highest BCUT2D eigenvalue weighted by atomic mass is 32.2. The van der Waals surface area contributed by atoms with Crippen LogP contribution in [0, 0.1) is 0 Å². The summed E-state index contributed by atoms with van der Waals surface area (Å²) in [4.78, 5) is 0.107. The Morgan fingerprint density at radius 3 is 2.75 bits per heavy atom. The Hall–Kier alpha value is -1.51. The number of hydrogen-bond donors (Lipinski definition) is 2. The van der Waals surface area contributed by atoms with Crippen LogP contribution in [-0.4, -0.2) is 18.6 Å². The van der Waals surface area contributed by atoms with Gasteiger partial charge < -0.3 is 5.32 Å². The number of nitrogens with zero attached hydrogens (tertiary/aromatic N) is 2. The van der Waals surface area contributed by atoms with Crippen molar-refractivity contribution in [3.63, 3.8) is 0 Å². The summed E-state index contributed by atoms with van der Waals surface area (Å²) in [5.41, 5.74) is 0.824. The molecule has 2 aromatic rings. The van der Waals surface area contributed by atoms with Gasteiger partial charge in [-0.2, -0.15) is 0 Å². The summed E-state index contributed by atoms with van der Waals surface area (Å²) in [7, 11) is -3.68. The Kier molecular flexibility index (Phi) is 4.36. The zero-order valence-corrected chi connectivity index (χ0v) is 12.8. The van der Waals surface area contributed by atoms with E-state index >= 15 is 0 Å². The Balaban J connectivity index is 2.19. The van der Waals surface area contributed by atoms with Gasteiger partial charge in [0.15, 0.2) is 0 Å². The molecule has 1 heterocycles. The van der Waals surface area contributed by atoms with E-state index in [1.807, 2.05) is 19.9 Å². The van der Waals surface area contributed by atoms with Crippen molar-refractivity contribution in [2.45, 2.75) is 31.2 Å². The van der Waals surface area contributed by atoms with Gasteiger partial charge in [-0.15, -0.1) is 10.2 Å². The molecule has 108 valence electrons. The average Bonchev–Trinajstić information content (AvgIpc) is 2.85. The molecule has 0 saturated heterocycles. The summed E-state index contributed by atoms with van der Waals surface area (Å²) in [6.07, 6.45) is 0.842. The van der Waals surface area contributed by atoms with Crippen molar-refractivity contribution in [1.29, 1.82) is 0 Å². The molecule has 1 aromatic carbocycles. The number of hydrogen-bond acceptors (Lipinski definition) is 6. The van der Waals surface area contributed by atoms with E-state index < -0.39 is 10.0 Å². The number of aryl methyl sites for hydroxylation is 1. The van der Waals surface area contributed by atoms with Crippen LogP contribution in [0.3, 0.4) is 0 Å². The van der Waals surface area contributed by atoms with Crippen molar-refractivity contribution in [3.8, 4) is 0 Å². The zero-order valence-electron chi connectivity index (χ0n) is 11.2. The summed E-state index contributed by atoms with van der Waals surface area (Å²) >= 11 is 1.49. The third-order valence-corrected chi connectivity index (χ3v) is 4.71. The molecule has 0 aliphatic carbocycles. The molecule has 0 fully saturated rings. The highest BCUT2D eigenvalue weighted by Gasteiger charge is 2.13. The van der Waals surface area contributed by atoms with Gasteiger partial charge in [0.05, 0.1) is 10.9 Å². The van der Waals surface area contributed by atoms with E-state index in [-0.39, 0.29) is 10.9 Å². The molecule has 0 bridgehead atoms. The van der Waals surface area contributed by atoms with E-state index in [0.29, 0.717) is 0 Å². The first-order chi connectivity index (χ1) is 9.40. The Morgan fingerprint density at radius 1 is 1.40 bits per heavy atom. The van der Waals surface area contributed by atoms with Gasteiger partial charge in [-0.1, -0.05) is 30.4 Å². The second kappa shape index (κ2) is 5.86. The number of primary sulfonamides is 1. The largest absolute Gasteiger partial charge is 0.354 e. The molecule has 3 N–H and O–H groups in total. The minimum Gasteiger partial charge on any atom is -0.354 e. The SMILES string of the molecule is CCc1nnc(NC(C)c2cccc(S(N)(=O)=O)c2)s1. The number of rotatable bonds is 5. The number of benzene rings is 1. The lowest BCUT2D eigenvalue weighted by Crippen LogP contribution is -2.13. The molecule has 1 atom stereocenters. The first kappa shape index (κ1) is 14.9. The van der Waals surface area contributed by atoms with Crippen LogP contribution in [0.25, 0.3) is 0 Å². The van der Waals surface area contributed by atoms with E-state index in [0.717, 1.165) is 22.1 Å². The number of anilines is 1. The lowest BCUT2D eigenvalue weighted by atomic mass is 10.1. The van der Waals surface area contributed by atoms with Gasteiger partial charge in [0.2, 0.25) is 15.2 Å². The van der Waals surface area contributed by atoms with Gasteiger partial charge in [-0.25, -0.2) is 13.6 Å². The zero-order chi connectivity index (χ0) is 14.8. The van der Waals surface area contributed by atoms with Crippen molar-refractivity contribution in [1.82, 2.24) is 10.2 Å². The van der Waals surface area contributed by atoms with Crippen LogP contribution in [0.4, 0.5) is 5.13 Å². The van der Waals surface area contributed by atoms with E-state index in [9.17, 15) is 8.42 Å². The van der Waals surface area contributed by atoms with Crippen molar-refractivity contribution < 1.29 is 8.42 Å². The maximum Gasteiger partial charge on any atom is 0.238 e. The smallest absolute Gasteiger partial charge is 0.238 e. The molecule has 6 nitrogen and oxygen atoms in total. The van der Waals surface area contributed by atoms with Crippen LogP contribution >= 0.6 is 11.3 Å². The first-order valence-electron chi connectivity index (χ1n) is 6.12. The monoisotopic (exact) mass is 312 g/mol. The quantitative estimate of drug-likeness (QED) is 0.879. The molecule has 1 aromatic heterocycles. The van der Waals surface area contributed by atoms with Crippen molar-refractivity contribution in [2.24, 2.45) is 5.14 Å². The first-order valence-corrected chi connectivity index (χ1v) is 8.48. The highest BCUT2D eigenvalue weighted by Crippen LogP contribution is 2.23. The van der Waals surface area contributed by atoms with Gasteiger partial charge in [0.1, 0.15) is 5.01 Å². The van der Waals surface area contributed by atoms with Crippen LogP contribution in [0.1, 0.15) is 30.5 Å². The number of sulfonamides is 1. The fourth-order valence-electron chi connectivity index (χ4n) is 1.68. The van der Waals surface area contributed by atoms with E-state index in [1.54, 1.807) is 12.1 Å². The maximum atomic E-state index is 11.3. The number of nitrogens with one attached hydrogen (secondary N) is 1. The predicted octanol–water partition coefficient (Wildman–Crippen LogP) is 1.92. The predicted molar refractivity (Wildman–Crippen MR) is 79.1 cm³/mol. The maximum absolute atomic E-state index is 11.3. The van der Waals surface area contributed by atoms with Gasteiger partial charge in [0.25, 0.3) is 0 Å². The van der Waals surface area contributed by atoms with E-state index in [1.165, 1.54) is 17.4 Å². The molecular formula is C12H16N4O2S2. The molecule has 0 aliphatic rings. The summed E-state index contributed by atoms with van der Waals surface area (Å²) < 4.78 is 22.7. The lowest BCUT2D eigenvalue weighted by Gasteiger charge is -2.13. The molecule has 8 heteroatoms. The summed E-state index contributed by atoms with van der Waals surface area (Å²) in [6, 6.07) is 6.47. The van der Waals surface area contributed by atoms with Gasteiger partial charge >= 0.3 is 0 Å². The van der Waals surface area contributed by atoms with Gasteiger partial charge in [-0.3, -0.25) is 0 Å². The Morgan fingerprint density at radius 2 is 2.15 bits per heavy atom. The summed E-state index contributed by atoms with van der Waals surface area (Å²) in [6.45, 7) is 3.94. The summed E-state index contributed by atoms with van der Waals surface area (Å²) in [5, 5.41) is 18.1. The number of nitrogens with two attached hydrogens (primary N) is 1. The van der Waals surface area contributed by atoms with Crippen LogP contribution < -0.4 is 10.5 Å². The molecule has 2 rings (SSSR count). The second-order valence-electron chi connectivity index (χ2n) is 4.34. The minimum absolute atomic E-state index is 0.0886. The van der Waals surface area contributed by atoms with Crippen LogP contribution in [0.5, 0.6) is 0 Å². The number of aromatic nitrogens is 2. The van der Waals surface area contributed by atoms with Crippen molar-refractivity contribution in [3.05, 3.63) is 34.8 Å². The van der Waals surface area contributed by atoms with Crippen LogP contribution in [-0.2, 0) is 16.4 Å². The van der Waals surface area contributed by atoms with Crippen LogP contribution in [0.2, 0.25) is 0 Å². The Labute approximate surface area is 122 Å². The topological polar surface area (TPSA) is 98.0 Å². The highest BCUT2D eigenvalue weighted by molar-refractivity contribution is 7.89. The lowest BCUT2D eigenvalue weighted by molar-refractivity contribution is 0.597. The van der Waals surface area contributed by atoms with Crippen molar-refractivity contribution in [2.75, 3.05) is 5.32 Å². The third kappa shape index (κ3) is 3.53. The summed E-state index contributed by atoms with van der Waals surface area (Å²) in [5.74, 6) is 0. The molecule has 0 spiro atoms. The standard InChI is InChI=1S/C12H16N4O2S2/c1-3-11-15-16-12(19-11)14-8(2)9-5-4-6-10(7-9)20(13,17)18/h4-8H,3H2,1-2H3,(H,14,16)(H2,13,17,18). The molecule has 0 radical (unpaired) electrons. The molecule has 1 unspecified atom stereocenters. The fraction of sp³-hybridized carbons (Fsp3) is 0.333. The molecule has 20 heavy (non-hydrogen) atoms. The van der Waals surface area contributed by atoms with E-state index in [2.05, 4.69) is 15.5 Å². The third-order valence-electron chi connectivity index (χ3n) is 2.80. The van der Waals surface area contributed by atoms with Crippen LogP contribution in [0.15, 0.2) is 29.2 Å². The second-order valence-corrected chi connectivity index (χ2v) is 6.96. The van der Waals surface area contributed by atoms with Gasteiger partial charge in [-0.05, 0) is 31.0 Å². The van der Waals surface area contributed by atoms with E-state index in [4.69, 9.17) is 5.14 Å². The van der Waals surface area contributed by atoms with Crippen molar-refractivity contribution >= 4 is 26.5 Å².